The Balaban J connectivity index is 2.11. The first-order chi connectivity index (χ1) is 9.47. The van der Waals surface area contributed by atoms with Crippen LogP contribution in [0.2, 0.25) is 0 Å². The van der Waals surface area contributed by atoms with Crippen LogP contribution >= 0.6 is 0 Å². The summed E-state index contributed by atoms with van der Waals surface area (Å²) in [6, 6.07) is 14.2. The average molecular weight is 270 g/mol. The Morgan fingerprint density at radius 3 is 2.35 bits per heavy atom. The number of aromatic hydroxyl groups is 1. The van der Waals surface area contributed by atoms with Crippen LogP contribution in [-0.4, -0.2) is 10.1 Å². The lowest BCUT2D eigenvalue weighted by atomic mass is 9.82. The molecule has 0 spiro atoms. The van der Waals surface area contributed by atoms with Crippen molar-refractivity contribution in [3.63, 3.8) is 0 Å². The molecule has 0 aliphatic rings. The largest absolute Gasteiger partial charge is 0.506 e. The van der Waals surface area contributed by atoms with Crippen LogP contribution in [-0.2, 0) is 6.54 Å². The molecule has 0 radical (unpaired) electrons. The third-order valence-corrected chi connectivity index (χ3v) is 3.30. The number of aromatic nitrogens is 1. The highest BCUT2D eigenvalue weighted by atomic mass is 16.3. The molecule has 0 saturated carbocycles. The highest BCUT2D eigenvalue weighted by Crippen LogP contribution is 2.32. The van der Waals surface area contributed by atoms with Crippen LogP contribution < -0.4 is 5.32 Å². The van der Waals surface area contributed by atoms with E-state index in [9.17, 15) is 5.11 Å². The number of benzene rings is 1. The first-order valence-electron chi connectivity index (χ1n) is 6.89. The summed E-state index contributed by atoms with van der Waals surface area (Å²) >= 11 is 0. The topological polar surface area (TPSA) is 45.1 Å². The molecule has 3 heteroatoms. The molecule has 20 heavy (non-hydrogen) atoms. The Bertz CT molecular complexity index is 529. The summed E-state index contributed by atoms with van der Waals surface area (Å²) < 4.78 is 0. The van der Waals surface area contributed by atoms with Crippen molar-refractivity contribution in [3.8, 4) is 5.75 Å². The van der Waals surface area contributed by atoms with E-state index in [4.69, 9.17) is 0 Å². The minimum absolute atomic E-state index is 0.109. The molecule has 1 atom stereocenters. The molecular weight excluding hydrogens is 248 g/mol. The summed E-state index contributed by atoms with van der Waals surface area (Å²) in [5.41, 5.74) is 2.31. The zero-order chi connectivity index (χ0) is 14.6. The molecule has 106 valence electrons. The molecule has 1 aromatic carbocycles. The number of rotatable bonds is 4. The molecule has 1 unspecified atom stereocenters. The second-order valence-corrected chi connectivity index (χ2v) is 6.10. The molecule has 0 fully saturated rings. The minimum Gasteiger partial charge on any atom is -0.506 e. The van der Waals surface area contributed by atoms with Gasteiger partial charge in [-0.2, -0.15) is 0 Å². The van der Waals surface area contributed by atoms with E-state index >= 15 is 0 Å². The zero-order valence-electron chi connectivity index (χ0n) is 12.3. The van der Waals surface area contributed by atoms with E-state index in [0.29, 0.717) is 6.54 Å². The SMILES string of the molecule is CC(C)(C)C(NCc1ccc(O)cn1)c1ccccc1. The monoisotopic (exact) mass is 270 g/mol. The molecule has 3 nitrogen and oxygen atoms in total. The highest BCUT2D eigenvalue weighted by Gasteiger charge is 2.25. The van der Waals surface area contributed by atoms with Gasteiger partial charge in [0, 0.05) is 12.6 Å². The standard InChI is InChI=1S/C17H22N2O/c1-17(2,3)16(13-7-5-4-6-8-13)19-11-14-9-10-15(20)12-18-14/h4-10,12,16,19-20H,11H2,1-3H3. The van der Waals surface area contributed by atoms with Crippen LogP contribution in [0.5, 0.6) is 5.75 Å². The maximum absolute atomic E-state index is 9.26. The fraction of sp³-hybridized carbons (Fsp3) is 0.353. The molecule has 2 aromatic rings. The van der Waals surface area contributed by atoms with Gasteiger partial charge in [0.1, 0.15) is 5.75 Å². The van der Waals surface area contributed by atoms with Gasteiger partial charge in [-0.1, -0.05) is 51.1 Å². The molecule has 1 aromatic heterocycles. The molecule has 2 N–H and O–H groups in total. The third-order valence-electron chi connectivity index (χ3n) is 3.30. The Kier molecular flexibility index (Phi) is 4.40. The zero-order valence-corrected chi connectivity index (χ0v) is 12.3. The molecule has 0 aliphatic heterocycles. The van der Waals surface area contributed by atoms with E-state index in [1.54, 1.807) is 6.07 Å². The van der Waals surface area contributed by atoms with Crippen molar-refractivity contribution < 1.29 is 5.11 Å². The summed E-state index contributed by atoms with van der Waals surface area (Å²) in [4.78, 5) is 4.21. The second-order valence-electron chi connectivity index (χ2n) is 6.10. The van der Waals surface area contributed by atoms with Gasteiger partial charge >= 0.3 is 0 Å². The van der Waals surface area contributed by atoms with Gasteiger partial charge in [0.15, 0.2) is 0 Å². The Hall–Kier alpha value is -1.87. The van der Waals surface area contributed by atoms with Gasteiger partial charge in [-0.3, -0.25) is 4.98 Å². The lowest BCUT2D eigenvalue weighted by Crippen LogP contribution is -2.32. The number of hydrogen-bond acceptors (Lipinski definition) is 3. The predicted molar refractivity (Wildman–Crippen MR) is 81.4 cm³/mol. The van der Waals surface area contributed by atoms with Crippen molar-refractivity contribution in [2.75, 3.05) is 0 Å². The van der Waals surface area contributed by atoms with Gasteiger partial charge in [0.2, 0.25) is 0 Å². The Labute approximate surface area is 120 Å². The average Bonchev–Trinajstić information content (AvgIpc) is 2.41. The van der Waals surface area contributed by atoms with Gasteiger partial charge in [-0.05, 0) is 23.1 Å². The molecule has 1 heterocycles. The first kappa shape index (κ1) is 14.5. The quantitative estimate of drug-likeness (QED) is 0.891. The van der Waals surface area contributed by atoms with E-state index in [1.807, 2.05) is 12.1 Å². The summed E-state index contributed by atoms with van der Waals surface area (Å²) in [5, 5.41) is 12.8. The molecule has 0 aliphatic carbocycles. The first-order valence-corrected chi connectivity index (χ1v) is 6.89. The fourth-order valence-electron chi connectivity index (χ4n) is 2.30. The van der Waals surface area contributed by atoms with Crippen LogP contribution in [0.3, 0.4) is 0 Å². The third kappa shape index (κ3) is 3.81. The van der Waals surface area contributed by atoms with Crippen molar-refractivity contribution in [2.45, 2.75) is 33.4 Å². The maximum atomic E-state index is 9.26. The molecule has 0 saturated heterocycles. The Morgan fingerprint density at radius 1 is 1.10 bits per heavy atom. The summed E-state index contributed by atoms with van der Waals surface area (Å²) in [7, 11) is 0. The van der Waals surface area contributed by atoms with Gasteiger partial charge < -0.3 is 10.4 Å². The second kappa shape index (κ2) is 6.06. The van der Waals surface area contributed by atoms with Crippen LogP contribution in [0.1, 0.15) is 38.1 Å². The predicted octanol–water partition coefficient (Wildman–Crippen LogP) is 3.66. The van der Waals surface area contributed by atoms with Crippen LogP contribution in [0.25, 0.3) is 0 Å². The number of nitrogens with one attached hydrogen (secondary N) is 1. The molecule has 0 bridgehead atoms. The Morgan fingerprint density at radius 2 is 1.80 bits per heavy atom. The maximum Gasteiger partial charge on any atom is 0.133 e. The highest BCUT2D eigenvalue weighted by molar-refractivity contribution is 5.22. The van der Waals surface area contributed by atoms with Gasteiger partial charge in [0.25, 0.3) is 0 Å². The number of nitrogens with zero attached hydrogens (tertiary/aromatic N) is 1. The lowest BCUT2D eigenvalue weighted by molar-refractivity contribution is 0.270. The van der Waals surface area contributed by atoms with Gasteiger partial charge in [-0.15, -0.1) is 0 Å². The van der Waals surface area contributed by atoms with Gasteiger partial charge in [0.05, 0.1) is 11.9 Å². The van der Waals surface area contributed by atoms with E-state index in [-0.39, 0.29) is 17.2 Å². The van der Waals surface area contributed by atoms with E-state index in [0.717, 1.165) is 5.69 Å². The van der Waals surface area contributed by atoms with Crippen molar-refractivity contribution in [1.82, 2.24) is 10.3 Å². The number of pyridine rings is 1. The van der Waals surface area contributed by atoms with Crippen LogP contribution in [0.15, 0.2) is 48.7 Å². The van der Waals surface area contributed by atoms with Crippen molar-refractivity contribution >= 4 is 0 Å². The van der Waals surface area contributed by atoms with Crippen molar-refractivity contribution in [3.05, 3.63) is 59.9 Å². The molecular formula is C17H22N2O. The lowest BCUT2D eigenvalue weighted by Gasteiger charge is -2.32. The van der Waals surface area contributed by atoms with Crippen LogP contribution in [0.4, 0.5) is 0 Å². The fourth-order valence-corrected chi connectivity index (χ4v) is 2.30. The van der Waals surface area contributed by atoms with E-state index < -0.39 is 0 Å². The van der Waals surface area contributed by atoms with E-state index in [2.05, 4.69) is 55.3 Å². The van der Waals surface area contributed by atoms with Crippen molar-refractivity contribution in [1.29, 1.82) is 0 Å². The number of hydrogen-bond donors (Lipinski definition) is 2. The molecule has 2 rings (SSSR count). The van der Waals surface area contributed by atoms with Crippen molar-refractivity contribution in [2.24, 2.45) is 5.41 Å². The van der Waals surface area contributed by atoms with E-state index in [1.165, 1.54) is 11.8 Å². The summed E-state index contributed by atoms with van der Waals surface area (Å²) in [5.74, 6) is 0.198. The summed E-state index contributed by atoms with van der Waals surface area (Å²) in [6.07, 6.45) is 1.48. The summed E-state index contributed by atoms with van der Waals surface area (Å²) in [6.45, 7) is 7.35. The van der Waals surface area contributed by atoms with Gasteiger partial charge in [-0.25, -0.2) is 0 Å². The minimum atomic E-state index is 0.109. The molecule has 0 amide bonds. The smallest absolute Gasteiger partial charge is 0.133 e. The van der Waals surface area contributed by atoms with Crippen LogP contribution in [0, 0.1) is 5.41 Å². The normalized spacial score (nSPS) is 13.2.